The number of thioether (sulfide) groups is 1. The molecule has 3 nitrogen and oxygen atoms in total. The Bertz CT molecular complexity index is 834. The van der Waals surface area contributed by atoms with Crippen LogP contribution in [0.2, 0.25) is 0 Å². The van der Waals surface area contributed by atoms with E-state index in [1.54, 1.807) is 12.0 Å². The maximum absolute atomic E-state index is 12.6. The largest absolute Gasteiger partial charge is 0.497 e. The number of hydrogen-bond donors (Lipinski definition) is 0. The Balaban J connectivity index is 1.68. The molecule has 0 spiro atoms. The van der Waals surface area contributed by atoms with Crippen LogP contribution in [0.1, 0.15) is 11.1 Å². The fourth-order valence-electron chi connectivity index (χ4n) is 2.47. The molecule has 6 heteroatoms. The van der Waals surface area contributed by atoms with Crippen LogP contribution < -0.4 is 4.74 Å². The first-order valence-corrected chi connectivity index (χ1v) is 9.72. The molecule has 0 saturated carbocycles. The van der Waals surface area contributed by atoms with Crippen LogP contribution in [-0.2, 0) is 11.2 Å². The zero-order valence-corrected chi connectivity index (χ0v) is 16.8. The first-order valence-electron chi connectivity index (χ1n) is 7.70. The Morgan fingerprint density at radius 3 is 2.68 bits per heavy atom. The van der Waals surface area contributed by atoms with E-state index in [0.29, 0.717) is 15.8 Å². The monoisotopic (exact) mass is 433 g/mol. The molecule has 1 aliphatic rings. The van der Waals surface area contributed by atoms with E-state index in [1.165, 1.54) is 11.8 Å². The Kier molecular flexibility index (Phi) is 5.93. The standard InChI is InChI=1S/C19H16BrNO2S2/c1-23-16-7-5-13(6-8-16)9-10-21-18(22)17(25-19(21)24)12-14-3-2-4-15(20)11-14/h2-8,11-12H,9-10H2,1H3. The molecule has 0 aromatic heterocycles. The van der Waals surface area contributed by atoms with Gasteiger partial charge in [-0.2, -0.15) is 0 Å². The molecule has 2 aromatic rings. The topological polar surface area (TPSA) is 29.5 Å². The van der Waals surface area contributed by atoms with Crippen LogP contribution in [0.4, 0.5) is 0 Å². The van der Waals surface area contributed by atoms with Crippen molar-refractivity contribution in [1.82, 2.24) is 4.90 Å². The molecule has 1 aliphatic heterocycles. The van der Waals surface area contributed by atoms with Crippen molar-refractivity contribution in [3.05, 3.63) is 69.0 Å². The molecule has 2 aromatic carbocycles. The maximum atomic E-state index is 12.6. The summed E-state index contributed by atoms with van der Waals surface area (Å²) in [5, 5.41) is 0. The minimum Gasteiger partial charge on any atom is -0.497 e. The molecule has 0 radical (unpaired) electrons. The summed E-state index contributed by atoms with van der Waals surface area (Å²) in [6, 6.07) is 15.7. The van der Waals surface area contributed by atoms with Crippen LogP contribution in [0.5, 0.6) is 5.75 Å². The van der Waals surface area contributed by atoms with Crippen LogP contribution in [0.25, 0.3) is 6.08 Å². The van der Waals surface area contributed by atoms with Crippen molar-refractivity contribution in [1.29, 1.82) is 0 Å². The summed E-state index contributed by atoms with van der Waals surface area (Å²) < 4.78 is 6.75. The van der Waals surface area contributed by atoms with Gasteiger partial charge in [0.15, 0.2) is 0 Å². The van der Waals surface area contributed by atoms with Crippen molar-refractivity contribution < 1.29 is 9.53 Å². The zero-order valence-electron chi connectivity index (χ0n) is 13.6. The number of ether oxygens (including phenoxy) is 1. The van der Waals surface area contributed by atoms with Crippen molar-refractivity contribution in [2.45, 2.75) is 6.42 Å². The summed E-state index contributed by atoms with van der Waals surface area (Å²) in [5.41, 5.74) is 2.12. The molecule has 0 bridgehead atoms. The fraction of sp³-hybridized carbons (Fsp3) is 0.158. The van der Waals surface area contributed by atoms with E-state index in [2.05, 4.69) is 15.9 Å². The van der Waals surface area contributed by atoms with Crippen molar-refractivity contribution in [2.24, 2.45) is 0 Å². The minimum absolute atomic E-state index is 0.0245. The van der Waals surface area contributed by atoms with Gasteiger partial charge < -0.3 is 4.74 Å². The number of carbonyl (C=O) groups excluding carboxylic acids is 1. The van der Waals surface area contributed by atoms with E-state index in [1.807, 2.05) is 54.6 Å². The molecule has 1 amide bonds. The summed E-state index contributed by atoms with van der Waals surface area (Å²) in [5.74, 6) is 0.801. The molecule has 3 rings (SSSR count). The van der Waals surface area contributed by atoms with Gasteiger partial charge in [-0.05, 0) is 47.9 Å². The number of hydrogen-bond acceptors (Lipinski definition) is 4. The normalized spacial score (nSPS) is 15.9. The summed E-state index contributed by atoms with van der Waals surface area (Å²) in [6.45, 7) is 0.576. The Morgan fingerprint density at radius 1 is 1.24 bits per heavy atom. The minimum atomic E-state index is -0.0245. The highest BCUT2D eigenvalue weighted by molar-refractivity contribution is 9.10. The zero-order chi connectivity index (χ0) is 17.8. The van der Waals surface area contributed by atoms with E-state index in [9.17, 15) is 4.79 Å². The Hall–Kier alpha value is -1.63. The van der Waals surface area contributed by atoms with Crippen molar-refractivity contribution >= 4 is 56.2 Å². The van der Waals surface area contributed by atoms with Gasteiger partial charge in [0.05, 0.1) is 12.0 Å². The molecule has 1 saturated heterocycles. The third-order valence-corrected chi connectivity index (χ3v) is 5.67. The molecule has 0 N–H and O–H groups in total. The Labute approximate surface area is 165 Å². The first kappa shape index (κ1) is 18.2. The average Bonchev–Trinajstić information content (AvgIpc) is 2.87. The summed E-state index contributed by atoms with van der Waals surface area (Å²) in [7, 11) is 1.65. The highest BCUT2D eigenvalue weighted by Gasteiger charge is 2.31. The van der Waals surface area contributed by atoms with E-state index in [4.69, 9.17) is 17.0 Å². The van der Waals surface area contributed by atoms with Crippen molar-refractivity contribution in [2.75, 3.05) is 13.7 Å². The second-order valence-electron chi connectivity index (χ2n) is 5.49. The van der Waals surface area contributed by atoms with Gasteiger partial charge in [0.1, 0.15) is 10.1 Å². The lowest BCUT2D eigenvalue weighted by atomic mass is 10.1. The van der Waals surface area contributed by atoms with Crippen LogP contribution >= 0.6 is 39.9 Å². The lowest BCUT2D eigenvalue weighted by Crippen LogP contribution is -2.30. The van der Waals surface area contributed by atoms with E-state index >= 15 is 0 Å². The van der Waals surface area contributed by atoms with E-state index < -0.39 is 0 Å². The number of halogens is 1. The molecule has 0 atom stereocenters. The van der Waals surface area contributed by atoms with Crippen molar-refractivity contribution in [3.8, 4) is 5.75 Å². The summed E-state index contributed by atoms with van der Waals surface area (Å²) in [6.07, 6.45) is 2.64. The second kappa shape index (κ2) is 8.17. The number of nitrogens with zero attached hydrogens (tertiary/aromatic N) is 1. The fourth-order valence-corrected chi connectivity index (χ4v) is 4.20. The average molecular weight is 434 g/mol. The quantitative estimate of drug-likeness (QED) is 0.495. The number of methoxy groups -OCH3 is 1. The summed E-state index contributed by atoms with van der Waals surface area (Å²) >= 11 is 10.2. The number of thiocarbonyl (C=S) groups is 1. The van der Waals surface area contributed by atoms with Gasteiger partial charge in [0, 0.05) is 11.0 Å². The predicted octanol–water partition coefficient (Wildman–Crippen LogP) is 4.90. The molecule has 128 valence electrons. The molecular formula is C19H16BrNO2S2. The van der Waals surface area contributed by atoms with E-state index in [0.717, 1.165) is 27.8 Å². The van der Waals surface area contributed by atoms with Gasteiger partial charge in [-0.3, -0.25) is 9.69 Å². The molecular weight excluding hydrogens is 418 g/mol. The molecule has 1 heterocycles. The number of rotatable bonds is 5. The highest BCUT2D eigenvalue weighted by atomic mass is 79.9. The van der Waals surface area contributed by atoms with Gasteiger partial charge in [0.25, 0.3) is 5.91 Å². The summed E-state index contributed by atoms with van der Waals surface area (Å²) in [4.78, 5) is 15.0. The van der Waals surface area contributed by atoms with Crippen LogP contribution in [0.3, 0.4) is 0 Å². The Morgan fingerprint density at radius 2 is 2.00 bits per heavy atom. The third-order valence-electron chi connectivity index (χ3n) is 3.80. The van der Waals surface area contributed by atoms with Crippen LogP contribution in [0, 0.1) is 0 Å². The second-order valence-corrected chi connectivity index (χ2v) is 8.08. The smallest absolute Gasteiger partial charge is 0.266 e. The van der Waals surface area contributed by atoms with Gasteiger partial charge in [-0.15, -0.1) is 0 Å². The lowest BCUT2D eigenvalue weighted by molar-refractivity contribution is -0.122. The highest BCUT2D eigenvalue weighted by Crippen LogP contribution is 2.33. The number of amides is 1. The van der Waals surface area contributed by atoms with Crippen molar-refractivity contribution in [3.63, 3.8) is 0 Å². The predicted molar refractivity (Wildman–Crippen MR) is 111 cm³/mol. The van der Waals surface area contributed by atoms with Crippen LogP contribution in [-0.4, -0.2) is 28.8 Å². The van der Waals surface area contributed by atoms with Gasteiger partial charge in [-0.1, -0.05) is 64.2 Å². The third kappa shape index (κ3) is 4.51. The molecule has 0 unspecified atom stereocenters. The maximum Gasteiger partial charge on any atom is 0.266 e. The van der Waals surface area contributed by atoms with Crippen LogP contribution in [0.15, 0.2) is 57.9 Å². The SMILES string of the molecule is COc1ccc(CCN2C(=O)C(=Cc3cccc(Br)c3)SC2=S)cc1. The molecule has 1 fully saturated rings. The van der Waals surface area contributed by atoms with Gasteiger partial charge in [-0.25, -0.2) is 0 Å². The molecule has 25 heavy (non-hydrogen) atoms. The molecule has 0 aliphatic carbocycles. The van der Waals surface area contributed by atoms with E-state index in [-0.39, 0.29) is 5.91 Å². The number of benzene rings is 2. The van der Waals surface area contributed by atoms with Gasteiger partial charge >= 0.3 is 0 Å². The van der Waals surface area contributed by atoms with Gasteiger partial charge in [0.2, 0.25) is 0 Å². The first-order chi connectivity index (χ1) is 12.1. The number of carbonyl (C=O) groups is 1. The lowest BCUT2D eigenvalue weighted by Gasteiger charge is -2.14.